The van der Waals surface area contributed by atoms with Gasteiger partial charge in [-0.3, -0.25) is 4.99 Å². The van der Waals surface area contributed by atoms with Crippen molar-refractivity contribution in [2.24, 2.45) is 15.9 Å². The molecule has 0 N–H and O–H groups in total. The van der Waals surface area contributed by atoms with Gasteiger partial charge in [-0.25, -0.2) is 4.99 Å². The molecule has 6 heteroatoms. The molecule has 0 fully saturated rings. The van der Waals surface area contributed by atoms with Gasteiger partial charge in [-0.1, -0.05) is 128 Å². The Morgan fingerprint density at radius 2 is 1.65 bits per heavy atom. The highest BCUT2D eigenvalue weighted by Gasteiger charge is 2.32. The van der Waals surface area contributed by atoms with Crippen LogP contribution in [0.4, 0.5) is 0 Å². The van der Waals surface area contributed by atoms with Gasteiger partial charge in [-0.15, -0.1) is 0 Å². The molecule has 2 aromatic heterocycles. The van der Waals surface area contributed by atoms with Crippen molar-refractivity contribution in [3.63, 3.8) is 0 Å². The number of nitrogens with zero attached hydrogens (tertiary/aromatic N) is 4. The molecular weight excluding hydrogens is 737 g/mol. The van der Waals surface area contributed by atoms with Gasteiger partial charge in [0.1, 0.15) is 34.5 Å². The lowest BCUT2D eigenvalue weighted by Gasteiger charge is -2.29. The first-order valence-corrected chi connectivity index (χ1v) is 20.5. The fourth-order valence-corrected chi connectivity index (χ4v) is 9.00. The number of hydrogen-bond acceptors (Lipinski definition) is 4. The second-order valence-corrected chi connectivity index (χ2v) is 15.5. The minimum Gasteiger partial charge on any atom is -0.461 e. The summed E-state index contributed by atoms with van der Waals surface area (Å²) in [5.74, 6) is 2.41. The second kappa shape index (κ2) is 15.4. The fraction of sp³-hybridized carbons (Fsp3) is 0.130. The van der Waals surface area contributed by atoms with E-state index in [1.54, 1.807) is 0 Å². The van der Waals surface area contributed by atoms with Crippen LogP contribution in [-0.2, 0) is 0 Å². The third-order valence-corrected chi connectivity index (χ3v) is 12.0. The van der Waals surface area contributed by atoms with E-state index in [1.807, 2.05) is 62.4 Å². The van der Waals surface area contributed by atoms with Crippen LogP contribution in [0.5, 0.6) is 5.75 Å². The average molecular weight is 779 g/mol. The third-order valence-electron chi connectivity index (χ3n) is 12.0. The van der Waals surface area contributed by atoms with Crippen molar-refractivity contribution >= 4 is 66.6 Å². The fourth-order valence-electron chi connectivity index (χ4n) is 9.00. The molecule has 0 amide bonds. The highest BCUT2D eigenvalue weighted by molar-refractivity contribution is 6.20. The van der Waals surface area contributed by atoms with E-state index in [9.17, 15) is 5.26 Å². The zero-order chi connectivity index (χ0) is 40.7. The molecular formula is C54H42N4O2. The van der Waals surface area contributed by atoms with E-state index in [1.165, 1.54) is 16.6 Å². The standard InChI is InChI=1S/C54H42N4O2/c1-4-6-16-38-27-35(33-56-54(34(3)5-2)57-46(32-55)37-25-26-42-40-20-11-14-23-49(40)59-51(42)29-37)28-43(36-17-8-7-9-18-36)53(38)58-47-22-13-10-19-39(47)44-31-52-45(30-48(44)58)41-21-12-15-24-50(41)60-52/h4-25,28-31,38,42H,1,26-27,33H2,2-3H3/b16-6+,34-5+,56-54?,57-46?. The number of rotatable bonds is 8. The number of amidine groups is 1. The number of para-hydroxylation sites is 3. The molecule has 2 aliphatic carbocycles. The van der Waals surface area contributed by atoms with Crippen LogP contribution in [0.1, 0.15) is 43.7 Å². The van der Waals surface area contributed by atoms with Gasteiger partial charge in [0.05, 0.1) is 17.6 Å². The first-order chi connectivity index (χ1) is 29.5. The Morgan fingerprint density at radius 1 is 0.867 bits per heavy atom. The molecule has 60 heavy (non-hydrogen) atoms. The summed E-state index contributed by atoms with van der Waals surface area (Å²) in [6.45, 7) is 8.45. The maximum atomic E-state index is 10.5. The lowest BCUT2D eigenvalue weighted by atomic mass is 9.83. The van der Waals surface area contributed by atoms with E-state index >= 15 is 0 Å². The van der Waals surface area contributed by atoms with Gasteiger partial charge >= 0.3 is 0 Å². The van der Waals surface area contributed by atoms with Crippen LogP contribution in [0.15, 0.2) is 201 Å². The first-order valence-electron chi connectivity index (χ1n) is 20.5. The number of furan rings is 1. The van der Waals surface area contributed by atoms with E-state index in [0.717, 1.165) is 90.6 Å². The summed E-state index contributed by atoms with van der Waals surface area (Å²) in [6.07, 6.45) is 16.0. The van der Waals surface area contributed by atoms with Crippen molar-refractivity contribution < 1.29 is 9.15 Å². The van der Waals surface area contributed by atoms with Crippen LogP contribution in [0.2, 0.25) is 0 Å². The van der Waals surface area contributed by atoms with E-state index in [-0.39, 0.29) is 11.8 Å². The number of allylic oxidation sites excluding steroid dienone is 11. The molecule has 7 aromatic rings. The number of nitriles is 1. The Balaban J connectivity index is 1.11. The van der Waals surface area contributed by atoms with E-state index in [2.05, 4.69) is 126 Å². The summed E-state index contributed by atoms with van der Waals surface area (Å²) in [6, 6.07) is 42.5. The predicted molar refractivity (Wildman–Crippen MR) is 247 cm³/mol. The maximum absolute atomic E-state index is 10.5. The minimum atomic E-state index is -0.0175. The van der Waals surface area contributed by atoms with Crippen LogP contribution < -0.4 is 4.74 Å². The Labute approximate surface area is 349 Å². The molecule has 0 radical (unpaired) electrons. The normalized spacial score (nSPS) is 18.4. The summed E-state index contributed by atoms with van der Waals surface area (Å²) in [5.41, 5.74) is 11.8. The zero-order valence-electron chi connectivity index (χ0n) is 33.6. The van der Waals surface area contributed by atoms with Crippen LogP contribution >= 0.6 is 0 Å². The van der Waals surface area contributed by atoms with E-state index < -0.39 is 0 Å². The Hall–Kier alpha value is -7.49. The highest BCUT2D eigenvalue weighted by atomic mass is 16.5. The number of aromatic nitrogens is 1. The maximum Gasteiger partial charge on any atom is 0.151 e. The predicted octanol–water partition coefficient (Wildman–Crippen LogP) is 13.5. The molecule has 1 aliphatic heterocycles. The molecule has 2 unspecified atom stereocenters. The summed E-state index contributed by atoms with van der Waals surface area (Å²) >= 11 is 0. The van der Waals surface area contributed by atoms with Gasteiger partial charge in [-0.2, -0.15) is 5.26 Å². The second-order valence-electron chi connectivity index (χ2n) is 15.5. The lowest BCUT2D eigenvalue weighted by Crippen LogP contribution is -2.16. The molecule has 3 heterocycles. The van der Waals surface area contributed by atoms with Crippen molar-refractivity contribution in [1.82, 2.24) is 4.57 Å². The largest absolute Gasteiger partial charge is 0.461 e. The molecule has 6 nitrogen and oxygen atoms in total. The van der Waals surface area contributed by atoms with Gasteiger partial charge < -0.3 is 13.7 Å². The van der Waals surface area contributed by atoms with Gasteiger partial charge in [-0.05, 0) is 79.8 Å². The molecule has 0 saturated carbocycles. The molecule has 0 saturated heterocycles. The van der Waals surface area contributed by atoms with Crippen LogP contribution in [0, 0.1) is 17.2 Å². The molecule has 10 rings (SSSR count). The van der Waals surface area contributed by atoms with Gasteiger partial charge in [0.15, 0.2) is 5.84 Å². The van der Waals surface area contributed by atoms with Crippen LogP contribution in [-0.4, -0.2) is 22.7 Å². The SMILES string of the molecule is C=C/C=C/C1CC(CN=C(N=C(C#N)C2=CCC3C(=C2)Oc2ccccc23)/C(C)=C/C)=CC(c2ccccc2)=C1n1c2ccccc2c2cc3oc4ccccc4c3cc21. The Bertz CT molecular complexity index is 3200. The van der Waals surface area contributed by atoms with E-state index in [4.69, 9.17) is 19.1 Å². The monoisotopic (exact) mass is 778 g/mol. The van der Waals surface area contributed by atoms with Gasteiger partial charge in [0.25, 0.3) is 0 Å². The van der Waals surface area contributed by atoms with Crippen LogP contribution in [0.3, 0.4) is 0 Å². The highest BCUT2D eigenvalue weighted by Crippen LogP contribution is 2.47. The van der Waals surface area contributed by atoms with Crippen molar-refractivity contribution in [2.75, 3.05) is 6.54 Å². The van der Waals surface area contributed by atoms with E-state index in [0.29, 0.717) is 18.1 Å². The van der Waals surface area contributed by atoms with Crippen molar-refractivity contribution in [1.29, 1.82) is 5.26 Å². The number of fused-ring (bicyclic) bond motifs is 9. The number of benzene rings is 5. The lowest BCUT2D eigenvalue weighted by molar-refractivity contribution is 0.425. The van der Waals surface area contributed by atoms with Crippen molar-refractivity contribution in [2.45, 2.75) is 32.6 Å². The van der Waals surface area contributed by atoms with Gasteiger partial charge in [0.2, 0.25) is 0 Å². The van der Waals surface area contributed by atoms with Gasteiger partial charge in [0, 0.05) is 55.8 Å². The van der Waals surface area contributed by atoms with Crippen LogP contribution in [0.25, 0.3) is 55.0 Å². The first kappa shape index (κ1) is 36.8. The minimum absolute atomic E-state index is 0.0175. The Kier molecular flexibility index (Phi) is 9.42. The topological polar surface area (TPSA) is 75.8 Å². The molecule has 0 bridgehead atoms. The van der Waals surface area contributed by atoms with Crippen molar-refractivity contribution in [3.05, 3.63) is 198 Å². The molecule has 290 valence electrons. The summed E-state index contributed by atoms with van der Waals surface area (Å²) < 4.78 is 15.1. The van der Waals surface area contributed by atoms with Crippen molar-refractivity contribution in [3.8, 4) is 11.8 Å². The summed E-state index contributed by atoms with van der Waals surface area (Å²) in [7, 11) is 0. The number of aliphatic imine (C=N–C) groups is 2. The average Bonchev–Trinajstić information content (AvgIpc) is 3.96. The zero-order valence-corrected chi connectivity index (χ0v) is 33.6. The number of ether oxygens (including phenoxy) is 1. The quantitative estimate of drug-likeness (QED) is 0.0876. The third kappa shape index (κ3) is 6.36. The molecule has 3 aliphatic rings. The molecule has 2 atom stereocenters. The smallest absolute Gasteiger partial charge is 0.151 e. The summed E-state index contributed by atoms with van der Waals surface area (Å²) in [4.78, 5) is 10.1. The molecule has 5 aromatic carbocycles. The Morgan fingerprint density at radius 3 is 2.48 bits per heavy atom. The summed E-state index contributed by atoms with van der Waals surface area (Å²) in [5, 5.41) is 15.0. The molecule has 0 spiro atoms. The number of hydrogen-bond donors (Lipinski definition) is 0.